The molecule has 1 heterocycles. The number of hydrogen-bond acceptors (Lipinski definition) is 3. The van der Waals surface area contributed by atoms with Crippen LogP contribution in [0.1, 0.15) is 50.8 Å². The Kier molecular flexibility index (Phi) is 7.57. The van der Waals surface area contributed by atoms with Crippen LogP contribution in [0, 0.1) is 5.92 Å². The standard InChI is InChI=1S/C31H39NO2SSi/c1-7-26(33)27-28(34)32(36(5,6)30(2,3)4)29(27)35-31(23-17-11-8-12-18-23,24-19-13-9-14-20-24)25-21-15-10-16-22-25/h8-22,26-27,29,33H,7H2,1-6H3. The average molecular weight is 518 g/mol. The van der Waals surface area contributed by atoms with Gasteiger partial charge in [0.15, 0.2) is 8.24 Å². The Balaban J connectivity index is 1.96. The molecule has 1 fully saturated rings. The van der Waals surface area contributed by atoms with Crippen LogP contribution in [0.2, 0.25) is 18.1 Å². The second-order valence-corrected chi connectivity index (χ2v) is 17.7. The normalized spacial score (nSPS) is 19.6. The van der Waals surface area contributed by atoms with Gasteiger partial charge in [-0.3, -0.25) is 4.79 Å². The van der Waals surface area contributed by atoms with Crippen molar-refractivity contribution in [3.05, 3.63) is 108 Å². The predicted molar refractivity (Wildman–Crippen MR) is 154 cm³/mol. The molecule has 5 heteroatoms. The Hall–Kier alpha value is -2.34. The van der Waals surface area contributed by atoms with Gasteiger partial charge in [0.2, 0.25) is 5.91 Å². The molecule has 3 aromatic carbocycles. The van der Waals surface area contributed by atoms with Gasteiger partial charge >= 0.3 is 0 Å². The number of β-lactam (4-membered cyclic amide) rings is 1. The molecule has 1 N–H and O–H groups in total. The number of thioether (sulfide) groups is 1. The highest BCUT2D eigenvalue weighted by molar-refractivity contribution is 8.01. The van der Waals surface area contributed by atoms with Crippen LogP contribution in [0.5, 0.6) is 0 Å². The number of benzene rings is 3. The molecule has 36 heavy (non-hydrogen) atoms. The molecular weight excluding hydrogens is 478 g/mol. The van der Waals surface area contributed by atoms with Gasteiger partial charge < -0.3 is 9.67 Å². The second kappa shape index (κ2) is 10.2. The summed E-state index contributed by atoms with van der Waals surface area (Å²) >= 11 is 1.82. The quantitative estimate of drug-likeness (QED) is 0.194. The van der Waals surface area contributed by atoms with Crippen molar-refractivity contribution in [3.63, 3.8) is 0 Å². The summed E-state index contributed by atoms with van der Waals surface area (Å²) in [5, 5.41) is 10.9. The number of amides is 1. The van der Waals surface area contributed by atoms with Gasteiger partial charge in [-0.2, -0.15) is 0 Å². The van der Waals surface area contributed by atoms with Crippen molar-refractivity contribution in [1.82, 2.24) is 4.57 Å². The summed E-state index contributed by atoms with van der Waals surface area (Å²) in [5.41, 5.74) is 3.52. The van der Waals surface area contributed by atoms with Gasteiger partial charge in [-0.15, -0.1) is 11.8 Å². The highest BCUT2D eigenvalue weighted by Gasteiger charge is 2.61. The molecule has 0 bridgehead atoms. The fourth-order valence-electron chi connectivity index (χ4n) is 5.08. The molecule has 0 spiro atoms. The van der Waals surface area contributed by atoms with Crippen molar-refractivity contribution < 1.29 is 9.90 Å². The van der Waals surface area contributed by atoms with Gasteiger partial charge in [-0.25, -0.2) is 0 Å². The van der Waals surface area contributed by atoms with Gasteiger partial charge in [0.25, 0.3) is 0 Å². The van der Waals surface area contributed by atoms with Crippen molar-refractivity contribution in [3.8, 4) is 0 Å². The molecule has 3 nitrogen and oxygen atoms in total. The van der Waals surface area contributed by atoms with Crippen molar-refractivity contribution in [2.45, 2.75) is 68.5 Å². The maximum absolute atomic E-state index is 13.7. The summed E-state index contributed by atoms with van der Waals surface area (Å²) in [6.45, 7) is 13.3. The molecule has 0 aromatic heterocycles. The Morgan fingerprint density at radius 1 is 0.833 bits per heavy atom. The van der Waals surface area contributed by atoms with Crippen LogP contribution in [0.4, 0.5) is 0 Å². The second-order valence-electron chi connectivity index (χ2n) is 11.3. The Labute approximate surface area is 222 Å². The SMILES string of the molecule is CCC(O)C1C(=O)N([Si](C)(C)C(C)(C)C)C1SC(c1ccccc1)(c1ccccc1)c1ccccc1. The fraction of sp³-hybridized carbons (Fsp3) is 0.387. The molecular formula is C31H39NO2SSi. The highest BCUT2D eigenvalue weighted by atomic mass is 32.2. The third-order valence-electron chi connectivity index (χ3n) is 8.19. The molecule has 1 saturated heterocycles. The van der Waals surface area contributed by atoms with Crippen molar-refractivity contribution in [2.24, 2.45) is 5.92 Å². The van der Waals surface area contributed by atoms with E-state index in [4.69, 9.17) is 0 Å². The molecule has 3 unspecified atom stereocenters. The average Bonchev–Trinajstić information content (AvgIpc) is 2.87. The van der Waals surface area contributed by atoms with Gasteiger partial charge in [-0.1, -0.05) is 132 Å². The lowest BCUT2D eigenvalue weighted by molar-refractivity contribution is -0.150. The summed E-state index contributed by atoms with van der Waals surface area (Å²) in [7, 11) is -2.20. The topological polar surface area (TPSA) is 40.5 Å². The van der Waals surface area contributed by atoms with E-state index in [1.807, 2.05) is 36.9 Å². The monoisotopic (exact) mass is 517 g/mol. The van der Waals surface area contributed by atoms with E-state index in [-0.39, 0.29) is 16.3 Å². The number of nitrogens with zero attached hydrogens (tertiary/aromatic N) is 1. The smallest absolute Gasteiger partial charge is 0.224 e. The van der Waals surface area contributed by atoms with Crippen LogP contribution in [-0.2, 0) is 9.54 Å². The molecule has 3 aromatic rings. The molecule has 3 atom stereocenters. The lowest BCUT2D eigenvalue weighted by Crippen LogP contribution is -2.74. The van der Waals surface area contributed by atoms with E-state index in [1.165, 1.54) is 16.7 Å². The third-order valence-corrected chi connectivity index (χ3v) is 15.6. The highest BCUT2D eigenvalue weighted by Crippen LogP contribution is 2.57. The predicted octanol–water partition coefficient (Wildman–Crippen LogP) is 7.27. The van der Waals surface area contributed by atoms with Crippen LogP contribution in [-0.4, -0.2) is 35.3 Å². The first-order chi connectivity index (χ1) is 17.1. The van der Waals surface area contributed by atoms with Gasteiger partial charge in [0.05, 0.1) is 22.1 Å². The number of aliphatic hydroxyl groups is 1. The maximum Gasteiger partial charge on any atom is 0.224 e. The fourth-order valence-corrected chi connectivity index (χ4v) is 10.1. The van der Waals surface area contributed by atoms with Crippen molar-refractivity contribution in [2.75, 3.05) is 0 Å². The van der Waals surface area contributed by atoms with E-state index in [0.717, 1.165) is 0 Å². The first-order valence-electron chi connectivity index (χ1n) is 12.9. The molecule has 0 aliphatic carbocycles. The first kappa shape index (κ1) is 26.7. The van der Waals surface area contributed by atoms with Crippen LogP contribution in [0.3, 0.4) is 0 Å². The zero-order chi connectivity index (χ0) is 26.1. The number of aliphatic hydroxyl groups excluding tert-OH is 1. The number of carbonyl (C=O) groups excluding carboxylic acids is 1. The first-order valence-corrected chi connectivity index (χ1v) is 16.7. The van der Waals surface area contributed by atoms with Crippen LogP contribution in [0.15, 0.2) is 91.0 Å². The molecule has 190 valence electrons. The molecule has 4 rings (SSSR count). The van der Waals surface area contributed by atoms with E-state index in [9.17, 15) is 9.90 Å². The van der Waals surface area contributed by atoms with Gasteiger partial charge in [0, 0.05) is 0 Å². The van der Waals surface area contributed by atoms with E-state index in [2.05, 4.69) is 111 Å². The van der Waals surface area contributed by atoms with Crippen molar-refractivity contribution in [1.29, 1.82) is 0 Å². The zero-order valence-corrected chi connectivity index (χ0v) is 24.1. The Morgan fingerprint density at radius 3 is 1.56 bits per heavy atom. The Morgan fingerprint density at radius 2 is 1.22 bits per heavy atom. The molecule has 0 saturated carbocycles. The van der Waals surface area contributed by atoms with E-state index >= 15 is 0 Å². The number of rotatable bonds is 8. The largest absolute Gasteiger partial charge is 0.392 e. The van der Waals surface area contributed by atoms with E-state index < -0.39 is 25.0 Å². The van der Waals surface area contributed by atoms with Crippen molar-refractivity contribution >= 4 is 25.9 Å². The van der Waals surface area contributed by atoms with Crippen LogP contribution >= 0.6 is 11.8 Å². The zero-order valence-electron chi connectivity index (χ0n) is 22.3. The Bertz CT molecular complexity index is 1060. The molecule has 1 amide bonds. The van der Waals surface area contributed by atoms with Gasteiger partial charge in [-0.05, 0) is 28.1 Å². The minimum atomic E-state index is -2.20. The summed E-state index contributed by atoms with van der Waals surface area (Å²) in [6.07, 6.45) is -0.0931. The molecule has 1 aliphatic rings. The maximum atomic E-state index is 13.7. The third kappa shape index (κ3) is 4.46. The lowest BCUT2D eigenvalue weighted by atomic mass is 9.84. The van der Waals surface area contributed by atoms with Crippen LogP contribution < -0.4 is 0 Å². The van der Waals surface area contributed by atoms with Crippen LogP contribution in [0.25, 0.3) is 0 Å². The van der Waals surface area contributed by atoms with Gasteiger partial charge in [0.1, 0.15) is 0 Å². The molecule has 1 aliphatic heterocycles. The van der Waals surface area contributed by atoms with E-state index in [0.29, 0.717) is 6.42 Å². The summed E-state index contributed by atoms with van der Waals surface area (Å²) in [5.74, 6) is -0.304. The summed E-state index contributed by atoms with van der Waals surface area (Å²) in [4.78, 5) is 13.7. The van der Waals surface area contributed by atoms with E-state index in [1.54, 1.807) is 0 Å². The summed E-state index contributed by atoms with van der Waals surface area (Å²) in [6, 6.07) is 31.8. The number of hydrogen-bond donors (Lipinski definition) is 1. The molecule has 0 radical (unpaired) electrons. The summed E-state index contributed by atoms with van der Waals surface area (Å²) < 4.78 is 1.65. The lowest BCUT2D eigenvalue weighted by Gasteiger charge is -2.60. The number of carbonyl (C=O) groups is 1. The minimum absolute atomic E-state index is 0.00148. The minimum Gasteiger partial charge on any atom is -0.392 e.